The molecule has 0 amide bonds. The molecule has 2 rings (SSSR count). The average molecular weight is 269 g/mol. The normalized spacial score (nSPS) is 12.1. The summed E-state index contributed by atoms with van der Waals surface area (Å²) in [5, 5.41) is 3.40. The van der Waals surface area contributed by atoms with Gasteiger partial charge in [0.2, 0.25) is 0 Å². The first kappa shape index (κ1) is 14.6. The number of hydrogen-bond acceptors (Lipinski definition) is 2. The van der Waals surface area contributed by atoms with E-state index in [0.29, 0.717) is 6.04 Å². The van der Waals surface area contributed by atoms with Crippen molar-refractivity contribution in [2.45, 2.75) is 25.3 Å². The van der Waals surface area contributed by atoms with Crippen molar-refractivity contribution in [3.05, 3.63) is 65.7 Å². The van der Waals surface area contributed by atoms with Crippen LogP contribution in [0.3, 0.4) is 0 Å². The molecule has 0 saturated carbocycles. The number of aryl methyl sites for hydroxylation is 1. The maximum absolute atomic E-state index is 5.45. The minimum atomic E-state index is 0.342. The summed E-state index contributed by atoms with van der Waals surface area (Å²) >= 11 is 0. The van der Waals surface area contributed by atoms with Gasteiger partial charge < -0.3 is 10.1 Å². The van der Waals surface area contributed by atoms with Crippen LogP contribution in [0, 0.1) is 0 Å². The number of hydrogen-bond donors (Lipinski definition) is 1. The maximum Gasteiger partial charge on any atom is 0.123 e. The van der Waals surface area contributed by atoms with Crippen LogP contribution < -0.4 is 10.1 Å². The van der Waals surface area contributed by atoms with Crippen molar-refractivity contribution in [3.63, 3.8) is 0 Å². The van der Waals surface area contributed by atoms with Gasteiger partial charge in [-0.2, -0.15) is 0 Å². The van der Waals surface area contributed by atoms with E-state index in [-0.39, 0.29) is 0 Å². The highest BCUT2D eigenvalue weighted by molar-refractivity contribution is 5.35. The molecule has 1 N–H and O–H groups in total. The molecule has 1 atom stereocenters. The van der Waals surface area contributed by atoms with Gasteiger partial charge in [-0.3, -0.25) is 0 Å². The lowest BCUT2D eigenvalue weighted by molar-refractivity contribution is 0.397. The number of nitrogens with one attached hydrogen (secondary N) is 1. The second kappa shape index (κ2) is 7.71. The first-order chi connectivity index (χ1) is 9.85. The van der Waals surface area contributed by atoms with Crippen LogP contribution in [0.2, 0.25) is 0 Å². The van der Waals surface area contributed by atoms with Crippen LogP contribution in [0.1, 0.15) is 30.0 Å². The molecule has 0 bridgehead atoms. The molecule has 0 aliphatic heterocycles. The molecule has 0 saturated heterocycles. The molecule has 2 aromatic rings. The van der Waals surface area contributed by atoms with Crippen LogP contribution in [0.4, 0.5) is 0 Å². The quantitative estimate of drug-likeness (QED) is 0.821. The van der Waals surface area contributed by atoms with Crippen molar-refractivity contribution in [2.75, 3.05) is 14.2 Å². The van der Waals surface area contributed by atoms with E-state index in [0.717, 1.165) is 25.0 Å². The summed E-state index contributed by atoms with van der Waals surface area (Å²) in [5.41, 5.74) is 2.65. The standard InChI is InChI=1S/C18H23NO/c1-19-17(16-12-6-7-14-18(16)20-2)13-8-11-15-9-4-3-5-10-15/h3-7,9-10,12,14,17,19H,8,11,13H2,1-2H3. The van der Waals surface area contributed by atoms with Crippen LogP contribution in [0.5, 0.6) is 5.75 Å². The molecular weight excluding hydrogens is 246 g/mol. The summed E-state index contributed by atoms with van der Waals surface area (Å²) < 4.78 is 5.45. The summed E-state index contributed by atoms with van der Waals surface area (Å²) in [6, 6.07) is 19.2. The molecular formula is C18H23NO. The predicted octanol–water partition coefficient (Wildman–Crippen LogP) is 3.98. The molecule has 0 fully saturated rings. The molecule has 0 heterocycles. The minimum absolute atomic E-state index is 0.342. The van der Waals surface area contributed by atoms with Crippen LogP contribution in [0.15, 0.2) is 54.6 Å². The van der Waals surface area contributed by atoms with E-state index in [1.807, 2.05) is 19.2 Å². The lowest BCUT2D eigenvalue weighted by atomic mass is 9.98. The van der Waals surface area contributed by atoms with Gasteiger partial charge in [-0.15, -0.1) is 0 Å². The van der Waals surface area contributed by atoms with E-state index in [1.54, 1.807) is 7.11 Å². The van der Waals surface area contributed by atoms with Crippen molar-refractivity contribution in [2.24, 2.45) is 0 Å². The minimum Gasteiger partial charge on any atom is -0.496 e. The molecule has 2 aromatic carbocycles. The largest absolute Gasteiger partial charge is 0.496 e. The first-order valence-electron chi connectivity index (χ1n) is 7.19. The summed E-state index contributed by atoms with van der Waals surface area (Å²) in [4.78, 5) is 0. The SMILES string of the molecule is CNC(CCCc1ccccc1)c1ccccc1OC. The van der Waals surface area contributed by atoms with Gasteiger partial charge in [0, 0.05) is 11.6 Å². The Labute approximate surface area is 121 Å². The fourth-order valence-electron chi connectivity index (χ4n) is 2.56. The third-order valence-corrected chi connectivity index (χ3v) is 3.66. The number of ether oxygens (including phenoxy) is 1. The van der Waals surface area contributed by atoms with Crippen LogP contribution in [0.25, 0.3) is 0 Å². The summed E-state index contributed by atoms with van der Waals surface area (Å²) in [6.07, 6.45) is 3.38. The molecule has 20 heavy (non-hydrogen) atoms. The average Bonchev–Trinajstić information content (AvgIpc) is 2.53. The van der Waals surface area contributed by atoms with E-state index in [4.69, 9.17) is 4.74 Å². The number of rotatable bonds is 7. The molecule has 2 heteroatoms. The Balaban J connectivity index is 1.95. The molecule has 0 aromatic heterocycles. The smallest absolute Gasteiger partial charge is 0.123 e. The number of methoxy groups -OCH3 is 1. The Morgan fingerprint density at radius 3 is 2.40 bits per heavy atom. The van der Waals surface area contributed by atoms with Crippen LogP contribution >= 0.6 is 0 Å². The third kappa shape index (κ3) is 3.84. The zero-order valence-corrected chi connectivity index (χ0v) is 12.3. The maximum atomic E-state index is 5.45. The Hall–Kier alpha value is -1.80. The molecule has 2 nitrogen and oxygen atoms in total. The second-order valence-corrected chi connectivity index (χ2v) is 4.96. The van der Waals surface area contributed by atoms with Gasteiger partial charge in [0.15, 0.2) is 0 Å². The van der Waals surface area contributed by atoms with E-state index in [9.17, 15) is 0 Å². The molecule has 0 spiro atoms. The highest BCUT2D eigenvalue weighted by Gasteiger charge is 2.13. The molecule has 0 aliphatic carbocycles. The number of para-hydroxylation sites is 1. The van der Waals surface area contributed by atoms with Gasteiger partial charge in [-0.25, -0.2) is 0 Å². The van der Waals surface area contributed by atoms with Gasteiger partial charge in [-0.1, -0.05) is 48.5 Å². The zero-order valence-electron chi connectivity index (χ0n) is 12.3. The first-order valence-corrected chi connectivity index (χ1v) is 7.19. The second-order valence-electron chi connectivity index (χ2n) is 4.96. The molecule has 0 aliphatic rings. The predicted molar refractivity (Wildman–Crippen MR) is 84.2 cm³/mol. The summed E-state index contributed by atoms with van der Waals surface area (Å²) in [6.45, 7) is 0. The zero-order chi connectivity index (χ0) is 14.2. The van der Waals surface area contributed by atoms with Gasteiger partial charge in [-0.05, 0) is 37.9 Å². The van der Waals surface area contributed by atoms with Gasteiger partial charge in [0.1, 0.15) is 5.75 Å². The highest BCUT2D eigenvalue weighted by Crippen LogP contribution is 2.27. The van der Waals surface area contributed by atoms with E-state index in [1.165, 1.54) is 11.1 Å². The Kier molecular flexibility index (Phi) is 5.63. The monoisotopic (exact) mass is 269 g/mol. The molecule has 0 radical (unpaired) electrons. The van der Waals surface area contributed by atoms with Gasteiger partial charge in [0.25, 0.3) is 0 Å². The van der Waals surface area contributed by atoms with E-state index in [2.05, 4.69) is 47.8 Å². The summed E-state index contributed by atoms with van der Waals surface area (Å²) in [5.74, 6) is 0.964. The topological polar surface area (TPSA) is 21.3 Å². The Morgan fingerprint density at radius 1 is 1.00 bits per heavy atom. The van der Waals surface area contributed by atoms with Crippen molar-refractivity contribution in [3.8, 4) is 5.75 Å². The van der Waals surface area contributed by atoms with Gasteiger partial charge >= 0.3 is 0 Å². The fraction of sp³-hybridized carbons (Fsp3) is 0.333. The van der Waals surface area contributed by atoms with Crippen molar-refractivity contribution in [1.82, 2.24) is 5.32 Å². The Morgan fingerprint density at radius 2 is 1.70 bits per heavy atom. The lowest BCUT2D eigenvalue weighted by Crippen LogP contribution is -2.17. The van der Waals surface area contributed by atoms with Crippen molar-refractivity contribution < 1.29 is 4.74 Å². The van der Waals surface area contributed by atoms with Crippen molar-refractivity contribution >= 4 is 0 Å². The van der Waals surface area contributed by atoms with Crippen molar-refractivity contribution in [1.29, 1.82) is 0 Å². The van der Waals surface area contributed by atoms with E-state index >= 15 is 0 Å². The fourth-order valence-corrected chi connectivity index (χ4v) is 2.56. The number of benzene rings is 2. The third-order valence-electron chi connectivity index (χ3n) is 3.66. The highest BCUT2D eigenvalue weighted by atomic mass is 16.5. The summed E-state index contributed by atoms with van der Waals surface area (Å²) in [7, 11) is 3.75. The van der Waals surface area contributed by atoms with Gasteiger partial charge in [0.05, 0.1) is 7.11 Å². The molecule has 1 unspecified atom stereocenters. The van der Waals surface area contributed by atoms with Crippen LogP contribution in [-0.2, 0) is 6.42 Å². The Bertz CT molecular complexity index is 510. The van der Waals surface area contributed by atoms with Crippen LogP contribution in [-0.4, -0.2) is 14.2 Å². The lowest BCUT2D eigenvalue weighted by Gasteiger charge is -2.19. The molecule has 106 valence electrons. The van der Waals surface area contributed by atoms with E-state index < -0.39 is 0 Å².